The third-order valence-electron chi connectivity index (χ3n) is 1.29. The van der Waals surface area contributed by atoms with Gasteiger partial charge in [-0.15, -0.1) is 0 Å². The molecule has 1 aliphatic carbocycles. The van der Waals surface area contributed by atoms with Crippen LogP contribution in [0.25, 0.3) is 0 Å². The van der Waals surface area contributed by atoms with Crippen molar-refractivity contribution < 1.29 is 0 Å². The van der Waals surface area contributed by atoms with E-state index in [2.05, 4.69) is 18.2 Å². The van der Waals surface area contributed by atoms with E-state index in [1.54, 1.807) is 4.47 Å². The molecule has 0 radical (unpaired) electrons. The third-order valence-corrected chi connectivity index (χ3v) is 3.74. The second-order valence-electron chi connectivity index (χ2n) is 1.84. The summed E-state index contributed by atoms with van der Waals surface area (Å²) in [6, 6.07) is 0. The first-order chi connectivity index (χ1) is 3.47. The fourth-order valence-corrected chi connectivity index (χ4v) is 2.48. The molecule has 0 amide bonds. The molecule has 0 aromatic rings. The molecule has 0 aromatic heterocycles. The van der Waals surface area contributed by atoms with E-state index in [1.165, 1.54) is 6.42 Å². The molecule has 1 fully saturated rings. The van der Waals surface area contributed by atoms with Gasteiger partial charge in [-0.05, 0) is 0 Å². The van der Waals surface area contributed by atoms with E-state index in [0.29, 0.717) is 0 Å². The molecule has 1 heteroatoms. The number of rotatable bonds is 0. The van der Waals surface area contributed by atoms with Crippen molar-refractivity contribution >= 4 is 15.0 Å². The molecule has 1 atom stereocenters. The van der Waals surface area contributed by atoms with E-state index in [-0.39, 0.29) is 0 Å². The van der Waals surface area contributed by atoms with Crippen LogP contribution in [0.1, 0.15) is 6.42 Å². The molecular formula is C6H6Se. The molecule has 0 nitrogen and oxygen atoms in total. The summed E-state index contributed by atoms with van der Waals surface area (Å²) in [5.74, 6) is 0. The van der Waals surface area contributed by atoms with Gasteiger partial charge in [-0.2, -0.15) is 0 Å². The van der Waals surface area contributed by atoms with E-state index in [4.69, 9.17) is 0 Å². The van der Waals surface area contributed by atoms with Crippen LogP contribution in [0.15, 0.2) is 22.7 Å². The Balaban J connectivity index is 2.31. The maximum atomic E-state index is 2.27. The Morgan fingerprint density at radius 2 is 2.71 bits per heavy atom. The second kappa shape index (κ2) is 1.24. The summed E-state index contributed by atoms with van der Waals surface area (Å²) in [6.45, 7) is 0. The zero-order valence-corrected chi connectivity index (χ0v) is 5.64. The second-order valence-corrected chi connectivity index (χ2v) is 4.52. The summed E-state index contributed by atoms with van der Waals surface area (Å²) in [6.07, 6.45) is 8.06. The molecule has 0 spiro atoms. The number of hydrogen-bond acceptors (Lipinski definition) is 0. The van der Waals surface area contributed by atoms with Crippen LogP contribution < -0.4 is 0 Å². The van der Waals surface area contributed by atoms with Gasteiger partial charge in [0.1, 0.15) is 0 Å². The molecule has 0 saturated carbocycles. The fraction of sp³-hybridized carbons (Fsp3) is 0.333. The average Bonchev–Trinajstić information content (AvgIpc) is 2.41. The quantitative estimate of drug-likeness (QED) is 0.465. The molecule has 36 valence electrons. The van der Waals surface area contributed by atoms with Crippen LogP contribution >= 0.6 is 0 Å². The molecule has 1 heterocycles. The monoisotopic (exact) mass is 158 g/mol. The van der Waals surface area contributed by atoms with E-state index in [0.717, 1.165) is 19.8 Å². The molecule has 0 aromatic carbocycles. The standard InChI is InChI=1S/C6H6Se/c1-2-4-6-5(3-1)7-6/h1-3,6H,4H2. The summed E-state index contributed by atoms with van der Waals surface area (Å²) in [7, 11) is 0. The van der Waals surface area contributed by atoms with Crippen molar-refractivity contribution in [2.24, 2.45) is 0 Å². The average molecular weight is 157 g/mol. The fourth-order valence-electron chi connectivity index (χ4n) is 0.806. The van der Waals surface area contributed by atoms with Crippen LogP contribution in [-0.2, 0) is 0 Å². The van der Waals surface area contributed by atoms with Gasteiger partial charge in [0.05, 0.1) is 0 Å². The van der Waals surface area contributed by atoms with Gasteiger partial charge in [-0.3, -0.25) is 0 Å². The molecular weight excluding hydrogens is 151 g/mol. The molecule has 2 rings (SSSR count). The van der Waals surface area contributed by atoms with E-state index >= 15 is 0 Å². The molecule has 0 bridgehead atoms. The molecule has 2 aliphatic rings. The summed E-state index contributed by atoms with van der Waals surface area (Å²) in [5, 5.41) is 0. The first-order valence-corrected chi connectivity index (χ1v) is 4.35. The van der Waals surface area contributed by atoms with Gasteiger partial charge in [0.2, 0.25) is 0 Å². The summed E-state index contributed by atoms with van der Waals surface area (Å²) < 4.78 is 1.73. The van der Waals surface area contributed by atoms with Crippen LogP contribution in [-0.4, -0.2) is 15.0 Å². The van der Waals surface area contributed by atoms with Gasteiger partial charge < -0.3 is 0 Å². The van der Waals surface area contributed by atoms with Crippen molar-refractivity contribution in [2.75, 3.05) is 0 Å². The zero-order valence-electron chi connectivity index (χ0n) is 3.92. The minimum atomic E-state index is 0.920. The summed E-state index contributed by atoms with van der Waals surface area (Å²) in [4.78, 5) is 1.04. The van der Waals surface area contributed by atoms with Crippen LogP contribution in [0.4, 0.5) is 0 Å². The van der Waals surface area contributed by atoms with Gasteiger partial charge in [0, 0.05) is 0 Å². The molecule has 1 unspecified atom stereocenters. The van der Waals surface area contributed by atoms with Crippen molar-refractivity contribution in [3.8, 4) is 0 Å². The number of allylic oxidation sites excluding steroid dienone is 4. The van der Waals surface area contributed by atoms with E-state index in [1.807, 2.05) is 0 Å². The Hall–Kier alpha value is -0.000519. The summed E-state index contributed by atoms with van der Waals surface area (Å²) in [5.41, 5.74) is 0. The van der Waals surface area contributed by atoms with Crippen molar-refractivity contribution in [3.05, 3.63) is 22.7 Å². The molecule has 7 heavy (non-hydrogen) atoms. The Kier molecular flexibility index (Phi) is 0.697. The predicted octanol–water partition coefficient (Wildman–Crippen LogP) is 1.34. The SMILES string of the molecule is C1=CCC2[Se]C2=C1. The molecule has 1 saturated heterocycles. The Bertz CT molecular complexity index is 144. The predicted molar refractivity (Wildman–Crippen MR) is 31.3 cm³/mol. The number of hydrogen-bond donors (Lipinski definition) is 0. The van der Waals surface area contributed by atoms with Gasteiger partial charge in [-0.25, -0.2) is 0 Å². The van der Waals surface area contributed by atoms with Crippen molar-refractivity contribution in [1.82, 2.24) is 0 Å². The normalized spacial score (nSPS) is 34.3. The van der Waals surface area contributed by atoms with Gasteiger partial charge in [0.15, 0.2) is 0 Å². The van der Waals surface area contributed by atoms with Crippen molar-refractivity contribution in [3.63, 3.8) is 0 Å². The molecule has 1 aliphatic heterocycles. The van der Waals surface area contributed by atoms with Gasteiger partial charge >= 0.3 is 48.9 Å². The third kappa shape index (κ3) is 0.568. The van der Waals surface area contributed by atoms with Crippen LogP contribution in [0.5, 0.6) is 0 Å². The first-order valence-electron chi connectivity index (χ1n) is 2.50. The minimum absolute atomic E-state index is 0.920. The molecule has 0 N–H and O–H groups in total. The van der Waals surface area contributed by atoms with Crippen LogP contribution in [0.2, 0.25) is 4.82 Å². The Morgan fingerprint density at radius 1 is 1.71 bits per heavy atom. The topological polar surface area (TPSA) is 0 Å². The van der Waals surface area contributed by atoms with Gasteiger partial charge in [0.25, 0.3) is 0 Å². The Morgan fingerprint density at radius 3 is 3.29 bits per heavy atom. The van der Waals surface area contributed by atoms with Crippen molar-refractivity contribution in [2.45, 2.75) is 11.2 Å². The maximum absolute atomic E-state index is 2.27. The summed E-state index contributed by atoms with van der Waals surface area (Å²) >= 11 is 0.920. The van der Waals surface area contributed by atoms with Crippen LogP contribution in [0.3, 0.4) is 0 Å². The zero-order chi connectivity index (χ0) is 4.69. The van der Waals surface area contributed by atoms with E-state index < -0.39 is 0 Å². The number of fused-ring (bicyclic) bond motifs is 1. The van der Waals surface area contributed by atoms with E-state index in [9.17, 15) is 0 Å². The first kappa shape index (κ1) is 3.94. The van der Waals surface area contributed by atoms with Crippen LogP contribution in [0, 0.1) is 0 Å². The van der Waals surface area contributed by atoms with Gasteiger partial charge in [-0.1, -0.05) is 0 Å². The Labute approximate surface area is 49.5 Å². The van der Waals surface area contributed by atoms with Crippen molar-refractivity contribution in [1.29, 1.82) is 0 Å².